The first-order valence-corrected chi connectivity index (χ1v) is 4.54. The molecule has 0 heterocycles. The molecule has 1 aromatic rings. The van der Waals surface area contributed by atoms with Gasteiger partial charge in [-0.05, 0) is 19.0 Å². The van der Waals surface area contributed by atoms with Gasteiger partial charge in [0.25, 0.3) is 5.69 Å². The monoisotopic (exact) mass is 208 g/mol. The van der Waals surface area contributed by atoms with Gasteiger partial charge in [-0.2, -0.15) is 0 Å². The molecule has 80 valence electrons. The quantitative estimate of drug-likeness (QED) is 0.460. The molecule has 0 aliphatic rings. The van der Waals surface area contributed by atoms with E-state index in [1.165, 1.54) is 12.1 Å². The third kappa shape index (κ3) is 2.60. The molecule has 0 radical (unpaired) electrons. The number of rotatable bonds is 4. The molecule has 0 atom stereocenters. The Morgan fingerprint density at radius 2 is 2.20 bits per heavy atom. The van der Waals surface area contributed by atoms with Crippen LogP contribution >= 0.6 is 0 Å². The minimum atomic E-state index is -0.515. The fraction of sp³-hybridized carbons (Fsp3) is 0.300. The molecular weight excluding hydrogens is 196 g/mol. The summed E-state index contributed by atoms with van der Waals surface area (Å²) in [7, 11) is 0. The van der Waals surface area contributed by atoms with Gasteiger partial charge in [0.1, 0.15) is 0 Å². The number of nitro benzene ring substituents is 1. The Bertz CT molecular complexity index is 402. The van der Waals surface area contributed by atoms with Crippen molar-refractivity contribution < 1.29 is 9.72 Å². The van der Waals surface area contributed by atoms with E-state index in [1.54, 1.807) is 13.0 Å². The number of aryl methyl sites for hydroxylation is 1. The minimum Gasteiger partial charge on any atom is -0.330 e. The van der Waals surface area contributed by atoms with E-state index in [2.05, 4.69) is 0 Å². The SMILES string of the molecule is Cc1ccc([N+](=O)[O-])cc1C(=O)CCN. The summed E-state index contributed by atoms with van der Waals surface area (Å²) in [5, 5.41) is 10.5. The summed E-state index contributed by atoms with van der Waals surface area (Å²) >= 11 is 0. The van der Waals surface area contributed by atoms with Crippen molar-refractivity contribution in [1.82, 2.24) is 0 Å². The Labute approximate surface area is 87.0 Å². The summed E-state index contributed by atoms with van der Waals surface area (Å²) in [4.78, 5) is 21.5. The normalized spacial score (nSPS) is 10.0. The maximum absolute atomic E-state index is 11.5. The molecule has 5 heteroatoms. The smallest absolute Gasteiger partial charge is 0.270 e. The number of nitrogens with two attached hydrogens (primary N) is 1. The summed E-state index contributed by atoms with van der Waals surface area (Å²) in [6.45, 7) is 1.99. The number of benzene rings is 1. The standard InChI is InChI=1S/C10H12N2O3/c1-7-2-3-8(12(14)15)6-9(7)10(13)4-5-11/h2-3,6H,4-5,11H2,1H3. The van der Waals surface area contributed by atoms with Crippen LogP contribution in [0.3, 0.4) is 0 Å². The average molecular weight is 208 g/mol. The molecule has 0 saturated heterocycles. The van der Waals surface area contributed by atoms with Crippen molar-refractivity contribution in [2.75, 3.05) is 6.54 Å². The van der Waals surface area contributed by atoms with Crippen LogP contribution in [0.4, 0.5) is 5.69 Å². The Kier molecular flexibility index (Phi) is 3.51. The summed E-state index contributed by atoms with van der Waals surface area (Å²) in [5.41, 5.74) is 6.31. The van der Waals surface area contributed by atoms with E-state index in [1.807, 2.05) is 0 Å². The highest BCUT2D eigenvalue weighted by molar-refractivity contribution is 5.98. The predicted molar refractivity (Wildman–Crippen MR) is 55.8 cm³/mol. The van der Waals surface area contributed by atoms with Crippen LogP contribution in [0, 0.1) is 17.0 Å². The maximum atomic E-state index is 11.5. The summed E-state index contributed by atoms with van der Waals surface area (Å²) in [6.07, 6.45) is 0.210. The van der Waals surface area contributed by atoms with E-state index in [9.17, 15) is 14.9 Å². The van der Waals surface area contributed by atoms with Crippen LogP contribution in [-0.4, -0.2) is 17.3 Å². The highest BCUT2D eigenvalue weighted by atomic mass is 16.6. The summed E-state index contributed by atoms with van der Waals surface area (Å²) < 4.78 is 0. The number of nitro groups is 1. The molecule has 2 N–H and O–H groups in total. The molecule has 0 aromatic heterocycles. The van der Waals surface area contributed by atoms with Crippen LogP contribution in [0.5, 0.6) is 0 Å². The predicted octanol–water partition coefficient (Wildman–Crippen LogP) is 1.43. The van der Waals surface area contributed by atoms with Gasteiger partial charge in [0, 0.05) is 24.1 Å². The number of ketones is 1. The highest BCUT2D eigenvalue weighted by Gasteiger charge is 2.13. The van der Waals surface area contributed by atoms with Crippen molar-refractivity contribution in [2.45, 2.75) is 13.3 Å². The zero-order valence-electron chi connectivity index (χ0n) is 8.40. The van der Waals surface area contributed by atoms with E-state index in [0.717, 1.165) is 5.56 Å². The van der Waals surface area contributed by atoms with Crippen molar-refractivity contribution in [2.24, 2.45) is 5.73 Å². The number of Topliss-reactive ketones (excluding diaryl/α,β-unsaturated/α-hetero) is 1. The lowest BCUT2D eigenvalue weighted by atomic mass is 10.0. The molecule has 0 aliphatic carbocycles. The van der Waals surface area contributed by atoms with Gasteiger partial charge in [-0.25, -0.2) is 0 Å². The molecule has 0 saturated carbocycles. The summed E-state index contributed by atoms with van der Waals surface area (Å²) in [5.74, 6) is -0.154. The van der Waals surface area contributed by atoms with Crippen molar-refractivity contribution in [1.29, 1.82) is 0 Å². The van der Waals surface area contributed by atoms with Crippen molar-refractivity contribution in [3.63, 3.8) is 0 Å². The third-order valence-corrected chi connectivity index (χ3v) is 2.10. The van der Waals surface area contributed by atoms with Crippen LogP contribution in [0.15, 0.2) is 18.2 Å². The first-order chi connectivity index (χ1) is 7.06. The topological polar surface area (TPSA) is 86.2 Å². The van der Waals surface area contributed by atoms with E-state index in [-0.39, 0.29) is 24.4 Å². The van der Waals surface area contributed by atoms with Crippen molar-refractivity contribution >= 4 is 11.5 Å². The fourth-order valence-corrected chi connectivity index (χ4v) is 1.29. The van der Waals surface area contributed by atoms with E-state index in [0.29, 0.717) is 5.56 Å². The lowest BCUT2D eigenvalue weighted by Crippen LogP contribution is -2.09. The Balaban J connectivity index is 3.10. The number of hydrogen-bond acceptors (Lipinski definition) is 4. The van der Waals surface area contributed by atoms with Crippen LogP contribution in [0.25, 0.3) is 0 Å². The number of carbonyl (C=O) groups is 1. The van der Waals surface area contributed by atoms with Crippen LogP contribution < -0.4 is 5.73 Å². The molecule has 1 aromatic carbocycles. The van der Waals surface area contributed by atoms with Gasteiger partial charge in [-0.3, -0.25) is 14.9 Å². The zero-order valence-corrected chi connectivity index (χ0v) is 8.40. The fourth-order valence-electron chi connectivity index (χ4n) is 1.29. The molecular formula is C10H12N2O3. The largest absolute Gasteiger partial charge is 0.330 e. The number of nitrogens with zero attached hydrogens (tertiary/aromatic N) is 1. The van der Waals surface area contributed by atoms with Gasteiger partial charge in [-0.15, -0.1) is 0 Å². The lowest BCUT2D eigenvalue weighted by molar-refractivity contribution is -0.384. The maximum Gasteiger partial charge on any atom is 0.270 e. The van der Waals surface area contributed by atoms with Gasteiger partial charge in [0.05, 0.1) is 4.92 Å². The van der Waals surface area contributed by atoms with Gasteiger partial charge in [-0.1, -0.05) is 6.07 Å². The lowest BCUT2D eigenvalue weighted by Gasteiger charge is -2.03. The van der Waals surface area contributed by atoms with Gasteiger partial charge >= 0.3 is 0 Å². The molecule has 0 aliphatic heterocycles. The van der Waals surface area contributed by atoms with Gasteiger partial charge in [0.15, 0.2) is 5.78 Å². The summed E-state index contributed by atoms with van der Waals surface area (Å²) in [6, 6.07) is 4.25. The van der Waals surface area contributed by atoms with Gasteiger partial charge in [0.2, 0.25) is 0 Å². The van der Waals surface area contributed by atoms with E-state index >= 15 is 0 Å². The second kappa shape index (κ2) is 4.65. The number of carbonyl (C=O) groups excluding carboxylic acids is 1. The van der Waals surface area contributed by atoms with Crippen LogP contribution in [0.1, 0.15) is 22.3 Å². The zero-order chi connectivity index (χ0) is 11.4. The minimum absolute atomic E-state index is 0.0685. The molecule has 0 bridgehead atoms. The molecule has 0 spiro atoms. The Hall–Kier alpha value is -1.75. The molecule has 15 heavy (non-hydrogen) atoms. The van der Waals surface area contributed by atoms with E-state index < -0.39 is 4.92 Å². The van der Waals surface area contributed by atoms with Crippen LogP contribution in [0.2, 0.25) is 0 Å². The van der Waals surface area contributed by atoms with Crippen molar-refractivity contribution in [3.05, 3.63) is 39.4 Å². The molecule has 1 rings (SSSR count). The number of non-ortho nitro benzene ring substituents is 1. The Morgan fingerprint density at radius 3 is 2.73 bits per heavy atom. The van der Waals surface area contributed by atoms with Crippen molar-refractivity contribution in [3.8, 4) is 0 Å². The highest BCUT2D eigenvalue weighted by Crippen LogP contribution is 2.18. The molecule has 0 amide bonds. The average Bonchev–Trinajstić information content (AvgIpc) is 2.18. The van der Waals surface area contributed by atoms with Crippen LogP contribution in [-0.2, 0) is 0 Å². The second-order valence-electron chi connectivity index (χ2n) is 3.22. The Morgan fingerprint density at radius 1 is 1.53 bits per heavy atom. The number of hydrogen-bond donors (Lipinski definition) is 1. The molecule has 0 fully saturated rings. The molecule has 0 unspecified atom stereocenters. The first kappa shape index (κ1) is 11.3. The second-order valence-corrected chi connectivity index (χ2v) is 3.22. The van der Waals surface area contributed by atoms with Gasteiger partial charge < -0.3 is 5.73 Å². The third-order valence-electron chi connectivity index (χ3n) is 2.10. The van der Waals surface area contributed by atoms with E-state index in [4.69, 9.17) is 5.73 Å². The molecule has 5 nitrogen and oxygen atoms in total. The first-order valence-electron chi connectivity index (χ1n) is 4.54.